The fraction of sp³-hybridized carbons (Fsp3) is 0.595. The number of carbonyl (C=O) groups is 1. The van der Waals surface area contributed by atoms with Gasteiger partial charge in [-0.1, -0.05) is 56.0 Å². The van der Waals surface area contributed by atoms with Gasteiger partial charge in [-0.2, -0.15) is 0 Å². The van der Waals surface area contributed by atoms with Crippen LogP contribution in [0.15, 0.2) is 48.5 Å². The Labute approximate surface area is 249 Å². The van der Waals surface area contributed by atoms with Gasteiger partial charge in [0, 0.05) is 6.42 Å². The summed E-state index contributed by atoms with van der Waals surface area (Å²) in [5.74, 6) is 3.62. The van der Waals surface area contributed by atoms with E-state index in [0.717, 1.165) is 68.3 Å². The van der Waals surface area contributed by atoms with Crippen molar-refractivity contribution in [1.82, 2.24) is 0 Å². The Morgan fingerprint density at radius 3 is 1.98 bits per heavy atom. The highest BCUT2D eigenvalue weighted by Gasteiger charge is 2.30. The van der Waals surface area contributed by atoms with Crippen LogP contribution >= 0.6 is 0 Å². The lowest BCUT2D eigenvalue weighted by atomic mass is 9.79. The van der Waals surface area contributed by atoms with E-state index in [0.29, 0.717) is 13.2 Å². The molecule has 2 aromatic rings. The van der Waals surface area contributed by atoms with Crippen LogP contribution in [0.5, 0.6) is 11.5 Å². The monoisotopic (exact) mass is 560 g/mol. The minimum Gasteiger partial charge on any atom is -0.493 e. The fourth-order valence-corrected chi connectivity index (χ4v) is 6.43. The molecule has 0 unspecified atom stereocenters. The lowest BCUT2D eigenvalue weighted by Crippen LogP contribution is -2.30. The molecular formula is C37H52O4. The van der Waals surface area contributed by atoms with E-state index in [9.17, 15) is 4.79 Å². The van der Waals surface area contributed by atoms with Crippen molar-refractivity contribution in [2.24, 2.45) is 17.8 Å². The average Bonchev–Trinajstić information content (AvgIpc) is 3.00. The lowest BCUT2D eigenvalue weighted by molar-refractivity contribution is -0.157. The molecule has 0 radical (unpaired) electrons. The zero-order valence-corrected chi connectivity index (χ0v) is 25.4. The van der Waals surface area contributed by atoms with E-state index in [1.807, 2.05) is 18.6 Å². The first-order valence-electron chi connectivity index (χ1n) is 16.3. The van der Waals surface area contributed by atoms with Crippen LogP contribution in [0, 0.1) is 38.0 Å². The first-order chi connectivity index (χ1) is 20.1. The van der Waals surface area contributed by atoms with Crippen molar-refractivity contribution in [2.45, 2.75) is 109 Å². The van der Waals surface area contributed by atoms with Crippen LogP contribution in [0.2, 0.25) is 0 Å². The minimum absolute atomic E-state index is 0.0826. The fourth-order valence-electron chi connectivity index (χ4n) is 6.43. The maximum Gasteiger partial charge on any atom is 0.309 e. The summed E-state index contributed by atoms with van der Waals surface area (Å²) < 4.78 is 17.6. The molecule has 0 amide bonds. The first-order valence-corrected chi connectivity index (χ1v) is 16.3. The molecule has 0 saturated heterocycles. The van der Waals surface area contributed by atoms with E-state index in [1.165, 1.54) is 62.5 Å². The Hall–Kier alpha value is -2.62. The summed E-state index contributed by atoms with van der Waals surface area (Å²) in [5, 5.41) is 0. The predicted octanol–water partition coefficient (Wildman–Crippen LogP) is 9.28. The van der Waals surface area contributed by atoms with Crippen LogP contribution in [-0.2, 0) is 16.0 Å². The van der Waals surface area contributed by atoms with Crippen molar-refractivity contribution < 1.29 is 19.0 Å². The molecule has 224 valence electrons. The number of unbranched alkanes of at least 4 members (excludes halogenated alkanes) is 2. The summed E-state index contributed by atoms with van der Waals surface area (Å²) in [6, 6.07) is 16.7. The quantitative estimate of drug-likeness (QED) is 0.117. The van der Waals surface area contributed by atoms with E-state index in [4.69, 9.17) is 14.2 Å². The summed E-state index contributed by atoms with van der Waals surface area (Å²) in [4.78, 5) is 12.7. The molecular weight excluding hydrogens is 508 g/mol. The molecule has 41 heavy (non-hydrogen) atoms. The number of ether oxygens (including phenoxy) is 3. The normalized spacial score (nSPS) is 22.7. The molecule has 4 heteroatoms. The third-order valence-corrected chi connectivity index (χ3v) is 9.13. The molecule has 0 atom stereocenters. The van der Waals surface area contributed by atoms with E-state index in [-0.39, 0.29) is 18.0 Å². The number of hydrogen-bond donors (Lipinski definition) is 0. The van der Waals surface area contributed by atoms with Crippen LogP contribution < -0.4 is 9.47 Å². The van der Waals surface area contributed by atoms with Gasteiger partial charge in [0.15, 0.2) is 0 Å². The van der Waals surface area contributed by atoms with E-state index in [1.54, 1.807) is 0 Å². The molecule has 0 heterocycles. The second-order valence-electron chi connectivity index (χ2n) is 12.4. The summed E-state index contributed by atoms with van der Waals surface area (Å²) >= 11 is 0. The highest BCUT2D eigenvalue weighted by Crippen LogP contribution is 2.35. The third-order valence-electron chi connectivity index (χ3n) is 9.13. The molecule has 0 aromatic heterocycles. The Morgan fingerprint density at radius 1 is 0.756 bits per heavy atom. The molecule has 2 aromatic carbocycles. The molecule has 0 N–H and O–H groups in total. The zero-order valence-electron chi connectivity index (χ0n) is 25.4. The highest BCUT2D eigenvalue weighted by molar-refractivity contribution is 5.72. The first kappa shape index (κ1) is 31.3. The van der Waals surface area contributed by atoms with Gasteiger partial charge in [-0.15, -0.1) is 12.8 Å². The molecule has 4 rings (SSSR count). The Kier molecular flexibility index (Phi) is 13.3. The molecule has 2 fully saturated rings. The lowest BCUT2D eigenvalue weighted by Gasteiger charge is -2.31. The number of esters is 1. The highest BCUT2D eigenvalue weighted by atomic mass is 16.5. The van der Waals surface area contributed by atoms with Crippen LogP contribution in [0.3, 0.4) is 0 Å². The predicted molar refractivity (Wildman–Crippen MR) is 167 cm³/mol. The summed E-state index contributed by atoms with van der Waals surface area (Å²) in [5.41, 5.74) is 2.62. The summed E-state index contributed by atoms with van der Waals surface area (Å²) in [6.07, 6.45) is 19.1. The molecule has 2 aliphatic rings. The van der Waals surface area contributed by atoms with Gasteiger partial charge in [-0.3, -0.25) is 4.79 Å². The van der Waals surface area contributed by atoms with Crippen LogP contribution in [-0.4, -0.2) is 25.3 Å². The third kappa shape index (κ3) is 11.3. The Morgan fingerprint density at radius 2 is 1.34 bits per heavy atom. The minimum atomic E-state index is 0.0826. The number of rotatable bonds is 16. The molecule has 0 spiro atoms. The van der Waals surface area contributed by atoms with E-state index in [2.05, 4.69) is 50.2 Å². The van der Waals surface area contributed by atoms with Crippen LogP contribution in [0.25, 0.3) is 0 Å². The van der Waals surface area contributed by atoms with Crippen molar-refractivity contribution in [3.05, 3.63) is 73.0 Å². The summed E-state index contributed by atoms with van der Waals surface area (Å²) in [7, 11) is 0. The number of aryl methyl sites for hydroxylation is 2. The number of carbonyl (C=O) groups excluding carboxylic acids is 1. The van der Waals surface area contributed by atoms with Crippen LogP contribution in [0.1, 0.15) is 101 Å². The second kappa shape index (κ2) is 17.4. The SMILES string of the molecule is [CH2+][CH-]CCC1CCC(C(=O)OC2CCC(CCCCc3ccc(OCCCOc4ccc(C)cc4)cc3)CC2)CC1. The van der Waals surface area contributed by atoms with Gasteiger partial charge in [0.1, 0.15) is 17.6 Å². The molecule has 4 nitrogen and oxygen atoms in total. The summed E-state index contributed by atoms with van der Waals surface area (Å²) in [6.45, 7) is 7.23. The molecule has 0 aliphatic heterocycles. The standard InChI is InChI=1S/C37H52O4/c1-3-4-8-30-13-19-33(20-14-30)37(38)41-36-25-17-32(18-26-36)10-6-5-9-31-15-23-35(24-16-31)40-28-7-27-39-34-21-11-29(2)12-22-34/h3,11-12,15-16,21-24,30,32-33,36H,1,4-10,13-14,17-20,25-28H2,2H3. The molecule has 2 saturated carbocycles. The molecule has 0 bridgehead atoms. The smallest absolute Gasteiger partial charge is 0.309 e. The van der Waals surface area contributed by atoms with E-state index >= 15 is 0 Å². The Bertz CT molecular complexity index is 983. The number of benzene rings is 2. The molecule has 2 aliphatic carbocycles. The van der Waals surface area contributed by atoms with Crippen molar-refractivity contribution in [3.63, 3.8) is 0 Å². The van der Waals surface area contributed by atoms with Gasteiger partial charge in [-0.25, -0.2) is 0 Å². The number of hydrogen-bond acceptors (Lipinski definition) is 4. The van der Waals surface area contributed by atoms with Crippen molar-refractivity contribution in [1.29, 1.82) is 0 Å². The second-order valence-corrected chi connectivity index (χ2v) is 12.4. The Balaban J connectivity index is 1.01. The van der Waals surface area contributed by atoms with Crippen LogP contribution in [0.4, 0.5) is 0 Å². The van der Waals surface area contributed by atoms with Gasteiger partial charge >= 0.3 is 5.97 Å². The zero-order chi connectivity index (χ0) is 28.7. The average molecular weight is 561 g/mol. The maximum absolute atomic E-state index is 12.7. The maximum atomic E-state index is 12.7. The largest absolute Gasteiger partial charge is 0.493 e. The van der Waals surface area contributed by atoms with Gasteiger partial charge in [-0.05, 0) is 113 Å². The van der Waals surface area contributed by atoms with Gasteiger partial charge in [0.05, 0.1) is 19.1 Å². The van der Waals surface area contributed by atoms with Gasteiger partial charge in [0.25, 0.3) is 0 Å². The van der Waals surface area contributed by atoms with Gasteiger partial charge in [0.2, 0.25) is 0 Å². The van der Waals surface area contributed by atoms with Crippen molar-refractivity contribution in [2.75, 3.05) is 13.2 Å². The topological polar surface area (TPSA) is 44.8 Å². The van der Waals surface area contributed by atoms with E-state index < -0.39 is 0 Å². The van der Waals surface area contributed by atoms with Crippen molar-refractivity contribution >= 4 is 5.97 Å². The van der Waals surface area contributed by atoms with Gasteiger partial charge < -0.3 is 14.2 Å². The van der Waals surface area contributed by atoms with Crippen molar-refractivity contribution in [3.8, 4) is 11.5 Å².